The van der Waals surface area contributed by atoms with Crippen LogP contribution in [-0.2, 0) is 6.42 Å². The molecule has 1 atom stereocenters. The van der Waals surface area contributed by atoms with Crippen molar-refractivity contribution in [1.29, 1.82) is 0 Å². The van der Waals surface area contributed by atoms with Crippen molar-refractivity contribution in [2.45, 2.75) is 32.2 Å². The van der Waals surface area contributed by atoms with Crippen molar-refractivity contribution in [2.75, 3.05) is 13.7 Å². The Kier molecular flexibility index (Phi) is 6.22. The van der Waals surface area contributed by atoms with E-state index in [1.165, 1.54) is 11.1 Å². The first-order chi connectivity index (χ1) is 10.3. The maximum Gasteiger partial charge on any atom is 0.119 e. The van der Waals surface area contributed by atoms with Crippen molar-refractivity contribution in [3.63, 3.8) is 0 Å². The van der Waals surface area contributed by atoms with Crippen molar-refractivity contribution in [2.24, 2.45) is 0 Å². The maximum atomic E-state index is 5.63. The summed E-state index contributed by atoms with van der Waals surface area (Å²) in [6.45, 7) is 2.89. The van der Waals surface area contributed by atoms with Crippen LogP contribution in [0.5, 0.6) is 5.75 Å². The third-order valence-electron chi connectivity index (χ3n) is 3.57. The number of aryl methyl sites for hydroxylation is 1. The SMILES string of the molecule is CCCOc1ccc(C(CCc2ccncc2)NC)cc1. The molecule has 0 radical (unpaired) electrons. The van der Waals surface area contributed by atoms with Crippen LogP contribution in [0, 0.1) is 0 Å². The van der Waals surface area contributed by atoms with Gasteiger partial charge >= 0.3 is 0 Å². The number of rotatable bonds is 8. The number of nitrogens with one attached hydrogen (secondary N) is 1. The molecule has 2 aromatic rings. The fraction of sp³-hybridized carbons (Fsp3) is 0.389. The molecule has 1 aromatic carbocycles. The largest absolute Gasteiger partial charge is 0.494 e. The molecule has 1 unspecified atom stereocenters. The molecule has 112 valence electrons. The van der Waals surface area contributed by atoms with Crippen LogP contribution in [0.1, 0.15) is 36.9 Å². The molecule has 0 saturated heterocycles. The van der Waals surface area contributed by atoms with E-state index in [4.69, 9.17) is 4.74 Å². The van der Waals surface area contributed by atoms with Gasteiger partial charge in [0.1, 0.15) is 5.75 Å². The molecular weight excluding hydrogens is 260 g/mol. The number of aromatic nitrogens is 1. The minimum Gasteiger partial charge on any atom is -0.494 e. The molecule has 0 fully saturated rings. The highest BCUT2D eigenvalue weighted by Crippen LogP contribution is 2.21. The lowest BCUT2D eigenvalue weighted by Crippen LogP contribution is -2.17. The number of nitrogens with zero attached hydrogens (tertiary/aromatic N) is 1. The molecule has 0 spiro atoms. The predicted molar refractivity (Wildman–Crippen MR) is 86.6 cm³/mol. The Bertz CT molecular complexity index is 511. The topological polar surface area (TPSA) is 34.1 Å². The highest BCUT2D eigenvalue weighted by Gasteiger charge is 2.09. The molecule has 0 saturated carbocycles. The lowest BCUT2D eigenvalue weighted by atomic mass is 9.99. The predicted octanol–water partition coefficient (Wildman–Crippen LogP) is 3.76. The second-order valence-corrected chi connectivity index (χ2v) is 5.15. The fourth-order valence-electron chi connectivity index (χ4n) is 2.35. The van der Waals surface area contributed by atoms with E-state index in [1.807, 2.05) is 19.4 Å². The van der Waals surface area contributed by atoms with E-state index in [1.54, 1.807) is 0 Å². The van der Waals surface area contributed by atoms with E-state index in [2.05, 4.69) is 53.6 Å². The summed E-state index contributed by atoms with van der Waals surface area (Å²) >= 11 is 0. The van der Waals surface area contributed by atoms with E-state index in [9.17, 15) is 0 Å². The summed E-state index contributed by atoms with van der Waals surface area (Å²) < 4.78 is 5.63. The number of hydrogen-bond acceptors (Lipinski definition) is 3. The molecule has 2 rings (SSSR count). The Morgan fingerprint density at radius 1 is 1.10 bits per heavy atom. The Hall–Kier alpha value is -1.87. The van der Waals surface area contributed by atoms with E-state index in [0.717, 1.165) is 31.6 Å². The Morgan fingerprint density at radius 2 is 1.81 bits per heavy atom. The van der Waals surface area contributed by atoms with Gasteiger partial charge in [-0.1, -0.05) is 19.1 Å². The number of pyridine rings is 1. The molecule has 0 aliphatic carbocycles. The number of benzene rings is 1. The fourth-order valence-corrected chi connectivity index (χ4v) is 2.35. The summed E-state index contributed by atoms with van der Waals surface area (Å²) in [5.41, 5.74) is 2.63. The molecular formula is C18H24N2O. The second kappa shape index (κ2) is 8.42. The summed E-state index contributed by atoms with van der Waals surface area (Å²) in [5, 5.41) is 3.39. The van der Waals surface area contributed by atoms with E-state index < -0.39 is 0 Å². The summed E-state index contributed by atoms with van der Waals surface area (Å²) in [7, 11) is 2.01. The zero-order chi connectivity index (χ0) is 14.9. The van der Waals surface area contributed by atoms with Gasteiger partial charge in [0, 0.05) is 18.4 Å². The van der Waals surface area contributed by atoms with Crippen molar-refractivity contribution in [3.05, 3.63) is 59.9 Å². The average Bonchev–Trinajstić information content (AvgIpc) is 2.55. The molecule has 0 aliphatic heterocycles. The summed E-state index contributed by atoms with van der Waals surface area (Å²) in [6, 6.07) is 12.9. The van der Waals surface area contributed by atoms with Crippen LogP contribution in [0.4, 0.5) is 0 Å². The minimum atomic E-state index is 0.360. The van der Waals surface area contributed by atoms with E-state index in [-0.39, 0.29) is 0 Å². The first-order valence-corrected chi connectivity index (χ1v) is 7.62. The second-order valence-electron chi connectivity index (χ2n) is 5.15. The van der Waals surface area contributed by atoms with Gasteiger partial charge in [0.25, 0.3) is 0 Å². The highest BCUT2D eigenvalue weighted by molar-refractivity contribution is 5.29. The summed E-state index contributed by atoms with van der Waals surface area (Å²) in [6.07, 6.45) is 6.85. The van der Waals surface area contributed by atoms with Crippen LogP contribution >= 0.6 is 0 Å². The smallest absolute Gasteiger partial charge is 0.119 e. The molecule has 21 heavy (non-hydrogen) atoms. The monoisotopic (exact) mass is 284 g/mol. The van der Waals surface area contributed by atoms with Crippen molar-refractivity contribution in [1.82, 2.24) is 10.3 Å². The van der Waals surface area contributed by atoms with Crippen molar-refractivity contribution < 1.29 is 4.74 Å². The van der Waals surface area contributed by atoms with Crippen molar-refractivity contribution >= 4 is 0 Å². The molecule has 0 aliphatic rings. The molecule has 1 aromatic heterocycles. The Balaban J connectivity index is 1.94. The summed E-state index contributed by atoms with van der Waals surface area (Å²) in [4.78, 5) is 4.06. The van der Waals surface area contributed by atoms with Gasteiger partial charge in [0.05, 0.1) is 6.61 Å². The van der Waals surface area contributed by atoms with Gasteiger partial charge in [-0.25, -0.2) is 0 Å². The van der Waals surface area contributed by atoms with Crippen molar-refractivity contribution in [3.8, 4) is 5.75 Å². The molecule has 3 nitrogen and oxygen atoms in total. The lowest BCUT2D eigenvalue weighted by Gasteiger charge is -2.17. The Morgan fingerprint density at radius 3 is 2.43 bits per heavy atom. The van der Waals surface area contributed by atoms with Crippen LogP contribution in [0.3, 0.4) is 0 Å². The molecule has 1 N–H and O–H groups in total. The van der Waals surface area contributed by atoms with Gasteiger partial charge in [-0.3, -0.25) is 4.98 Å². The number of ether oxygens (including phenoxy) is 1. The van der Waals surface area contributed by atoms with E-state index >= 15 is 0 Å². The third-order valence-corrected chi connectivity index (χ3v) is 3.57. The van der Waals surface area contributed by atoms with E-state index in [0.29, 0.717) is 6.04 Å². The van der Waals surface area contributed by atoms with Gasteiger partial charge in [0.15, 0.2) is 0 Å². The van der Waals surface area contributed by atoms with Gasteiger partial charge in [-0.05, 0) is 61.7 Å². The molecule has 1 heterocycles. The van der Waals surface area contributed by atoms with Crippen LogP contribution in [0.2, 0.25) is 0 Å². The minimum absolute atomic E-state index is 0.360. The first-order valence-electron chi connectivity index (χ1n) is 7.62. The summed E-state index contributed by atoms with van der Waals surface area (Å²) in [5.74, 6) is 0.949. The van der Waals surface area contributed by atoms with Gasteiger partial charge in [-0.2, -0.15) is 0 Å². The highest BCUT2D eigenvalue weighted by atomic mass is 16.5. The molecule has 3 heteroatoms. The van der Waals surface area contributed by atoms with Crippen LogP contribution in [-0.4, -0.2) is 18.6 Å². The molecule has 0 bridgehead atoms. The van der Waals surface area contributed by atoms with Crippen LogP contribution in [0.15, 0.2) is 48.8 Å². The first kappa shape index (κ1) is 15.5. The normalized spacial score (nSPS) is 12.1. The third kappa shape index (κ3) is 4.87. The zero-order valence-electron chi connectivity index (χ0n) is 12.9. The quantitative estimate of drug-likeness (QED) is 0.801. The van der Waals surface area contributed by atoms with Gasteiger partial charge in [-0.15, -0.1) is 0 Å². The number of hydrogen-bond donors (Lipinski definition) is 1. The lowest BCUT2D eigenvalue weighted by molar-refractivity contribution is 0.317. The average molecular weight is 284 g/mol. The van der Waals surface area contributed by atoms with Crippen LogP contribution in [0.25, 0.3) is 0 Å². The standard InChI is InChI=1S/C18H24N2O/c1-3-14-21-17-7-5-16(6-8-17)18(19-2)9-4-15-10-12-20-13-11-15/h5-8,10-13,18-19H,3-4,9,14H2,1-2H3. The maximum absolute atomic E-state index is 5.63. The van der Waals surface area contributed by atoms with Crippen LogP contribution < -0.4 is 10.1 Å². The Labute approximate surface area is 127 Å². The molecule has 0 amide bonds. The van der Waals surface area contributed by atoms with Gasteiger partial charge in [0.2, 0.25) is 0 Å². The zero-order valence-corrected chi connectivity index (χ0v) is 12.9. The van der Waals surface area contributed by atoms with Gasteiger partial charge < -0.3 is 10.1 Å².